The van der Waals surface area contributed by atoms with Gasteiger partial charge in [0.05, 0.1) is 9.82 Å². The van der Waals surface area contributed by atoms with E-state index in [0.717, 1.165) is 6.07 Å². The van der Waals surface area contributed by atoms with Crippen LogP contribution in [0, 0.1) is 10.1 Å². The highest BCUT2D eigenvalue weighted by atomic mass is 32.2. The first kappa shape index (κ1) is 14.7. The molecule has 21 heavy (non-hydrogen) atoms. The summed E-state index contributed by atoms with van der Waals surface area (Å²) in [5.74, 6) is 0.0258. The zero-order chi connectivity index (χ0) is 15.5. The quantitative estimate of drug-likeness (QED) is 0.628. The lowest BCUT2D eigenvalue weighted by Gasteiger charge is -2.08. The molecule has 1 aromatic heterocycles. The van der Waals surface area contributed by atoms with Gasteiger partial charge in [-0.15, -0.1) is 5.10 Å². The Morgan fingerprint density at radius 1 is 1.29 bits per heavy atom. The van der Waals surface area contributed by atoms with Crippen LogP contribution in [-0.4, -0.2) is 30.6 Å². The number of aromatic nitrogens is 2. The Kier molecular flexibility index (Phi) is 3.98. The lowest BCUT2D eigenvalue weighted by molar-refractivity contribution is -0.384. The van der Waals surface area contributed by atoms with Crippen LogP contribution in [0.5, 0.6) is 0 Å². The first-order valence-corrected chi connectivity index (χ1v) is 7.19. The van der Waals surface area contributed by atoms with Crippen LogP contribution in [0.2, 0.25) is 0 Å². The lowest BCUT2D eigenvalue weighted by atomic mass is 10.3. The molecule has 0 aliphatic carbocycles. The second-order valence-electron chi connectivity index (χ2n) is 3.90. The SMILES string of the molecule is CNc1ccc(S(=O)(=O)Nc2cccnn2)cc1[N+](=O)[O-]. The van der Waals surface area contributed by atoms with Crippen LogP contribution >= 0.6 is 0 Å². The zero-order valence-electron chi connectivity index (χ0n) is 10.8. The van der Waals surface area contributed by atoms with Gasteiger partial charge < -0.3 is 5.32 Å². The largest absolute Gasteiger partial charge is 0.383 e. The van der Waals surface area contributed by atoms with Gasteiger partial charge in [-0.2, -0.15) is 5.10 Å². The summed E-state index contributed by atoms with van der Waals surface area (Å²) in [5, 5.41) is 20.7. The second kappa shape index (κ2) is 5.71. The van der Waals surface area contributed by atoms with Crippen molar-refractivity contribution in [2.24, 2.45) is 0 Å². The Hall–Kier alpha value is -2.75. The molecule has 10 heteroatoms. The predicted octanol–water partition coefficient (Wildman–Crippen LogP) is 1.23. The van der Waals surface area contributed by atoms with Gasteiger partial charge in [0.15, 0.2) is 5.82 Å². The van der Waals surface area contributed by atoms with Gasteiger partial charge >= 0.3 is 0 Å². The number of anilines is 2. The summed E-state index contributed by atoms with van der Waals surface area (Å²) < 4.78 is 26.5. The highest BCUT2D eigenvalue weighted by molar-refractivity contribution is 7.92. The minimum atomic E-state index is -3.98. The van der Waals surface area contributed by atoms with Crippen molar-refractivity contribution in [3.05, 3.63) is 46.6 Å². The monoisotopic (exact) mass is 309 g/mol. The molecule has 0 amide bonds. The van der Waals surface area contributed by atoms with E-state index in [-0.39, 0.29) is 22.1 Å². The summed E-state index contributed by atoms with van der Waals surface area (Å²) in [4.78, 5) is 10.0. The first-order valence-electron chi connectivity index (χ1n) is 5.71. The smallest absolute Gasteiger partial charge is 0.293 e. The average Bonchev–Trinajstić information content (AvgIpc) is 2.47. The number of nitrogens with one attached hydrogen (secondary N) is 2. The lowest BCUT2D eigenvalue weighted by Crippen LogP contribution is -2.14. The van der Waals surface area contributed by atoms with Gasteiger partial charge in [0.25, 0.3) is 15.7 Å². The summed E-state index contributed by atoms with van der Waals surface area (Å²) in [7, 11) is -2.47. The molecule has 0 fully saturated rings. The Morgan fingerprint density at radius 2 is 2.05 bits per heavy atom. The highest BCUT2D eigenvalue weighted by Gasteiger charge is 2.21. The van der Waals surface area contributed by atoms with Crippen molar-refractivity contribution in [1.82, 2.24) is 10.2 Å². The number of rotatable bonds is 5. The van der Waals surface area contributed by atoms with Crippen molar-refractivity contribution in [2.75, 3.05) is 17.1 Å². The summed E-state index contributed by atoms with van der Waals surface area (Å²) >= 11 is 0. The molecule has 0 saturated carbocycles. The van der Waals surface area contributed by atoms with Gasteiger partial charge in [0.2, 0.25) is 0 Å². The fourth-order valence-electron chi connectivity index (χ4n) is 1.59. The molecule has 2 N–H and O–H groups in total. The van der Waals surface area contributed by atoms with Crippen molar-refractivity contribution in [1.29, 1.82) is 0 Å². The molecule has 0 radical (unpaired) electrons. The van der Waals surface area contributed by atoms with Gasteiger partial charge in [0.1, 0.15) is 5.69 Å². The van der Waals surface area contributed by atoms with E-state index in [0.29, 0.717) is 0 Å². The van der Waals surface area contributed by atoms with Crippen LogP contribution in [0.3, 0.4) is 0 Å². The second-order valence-corrected chi connectivity index (χ2v) is 5.58. The normalized spacial score (nSPS) is 10.9. The van der Waals surface area contributed by atoms with Gasteiger partial charge in [0, 0.05) is 19.3 Å². The molecular formula is C11H11N5O4S. The fourth-order valence-corrected chi connectivity index (χ4v) is 2.61. The molecule has 0 saturated heterocycles. The highest BCUT2D eigenvalue weighted by Crippen LogP contribution is 2.27. The van der Waals surface area contributed by atoms with Crippen molar-refractivity contribution in [3.63, 3.8) is 0 Å². The average molecular weight is 309 g/mol. The van der Waals surface area contributed by atoms with E-state index < -0.39 is 14.9 Å². The molecule has 2 rings (SSSR count). The zero-order valence-corrected chi connectivity index (χ0v) is 11.7. The van der Waals surface area contributed by atoms with Crippen molar-refractivity contribution in [2.45, 2.75) is 4.90 Å². The molecule has 9 nitrogen and oxygen atoms in total. The maximum atomic E-state index is 12.2. The molecule has 0 unspecified atom stereocenters. The Bertz CT molecular complexity index is 763. The molecule has 0 atom stereocenters. The molecule has 1 aromatic carbocycles. The van der Waals surface area contributed by atoms with E-state index >= 15 is 0 Å². The summed E-state index contributed by atoms with van der Waals surface area (Å²) in [6, 6.07) is 6.49. The van der Waals surface area contributed by atoms with Crippen LogP contribution in [0.4, 0.5) is 17.2 Å². The molecule has 0 spiro atoms. The third kappa shape index (κ3) is 3.23. The van der Waals surface area contributed by atoms with Crippen molar-refractivity contribution in [3.8, 4) is 0 Å². The topological polar surface area (TPSA) is 127 Å². The predicted molar refractivity (Wildman–Crippen MR) is 75.5 cm³/mol. The van der Waals surface area contributed by atoms with Crippen molar-refractivity contribution < 1.29 is 13.3 Å². The minimum absolute atomic E-state index is 0.0258. The molecular weight excluding hydrogens is 298 g/mol. The van der Waals surface area contributed by atoms with E-state index in [1.807, 2.05) is 0 Å². The van der Waals surface area contributed by atoms with Crippen molar-refractivity contribution >= 4 is 27.2 Å². The maximum absolute atomic E-state index is 12.2. The van der Waals surface area contributed by atoms with Gasteiger partial charge in [-0.25, -0.2) is 8.42 Å². The van der Waals surface area contributed by atoms with E-state index in [1.54, 1.807) is 0 Å². The third-order valence-electron chi connectivity index (χ3n) is 2.56. The summed E-state index contributed by atoms with van der Waals surface area (Å²) in [6.07, 6.45) is 1.39. The molecule has 0 aliphatic rings. The Morgan fingerprint density at radius 3 is 2.62 bits per heavy atom. The summed E-state index contributed by atoms with van der Waals surface area (Å²) in [5.41, 5.74) is -0.113. The van der Waals surface area contributed by atoms with E-state index in [2.05, 4.69) is 20.2 Å². The first-order chi connectivity index (χ1) is 9.94. The standard InChI is InChI=1S/C11H11N5O4S/c1-12-9-5-4-8(7-10(9)16(17)18)21(19,20)15-11-3-2-6-13-14-11/h2-7,12H,1H3,(H,14,15). The summed E-state index contributed by atoms with van der Waals surface area (Å²) in [6.45, 7) is 0. The number of hydrogen-bond donors (Lipinski definition) is 2. The maximum Gasteiger partial charge on any atom is 0.293 e. The van der Waals surface area contributed by atoms with E-state index in [1.165, 1.54) is 37.5 Å². The van der Waals surface area contributed by atoms with Gasteiger partial charge in [-0.3, -0.25) is 14.8 Å². The fraction of sp³-hybridized carbons (Fsp3) is 0.0909. The van der Waals surface area contributed by atoms with E-state index in [9.17, 15) is 18.5 Å². The molecule has 0 aliphatic heterocycles. The molecule has 0 bridgehead atoms. The Labute approximate surface area is 120 Å². The molecule has 2 aromatic rings. The van der Waals surface area contributed by atoms with E-state index in [4.69, 9.17) is 0 Å². The van der Waals surface area contributed by atoms with Gasteiger partial charge in [-0.05, 0) is 24.3 Å². The number of benzene rings is 1. The molecule has 1 heterocycles. The number of nitrogens with zero attached hydrogens (tertiary/aromatic N) is 3. The number of nitro groups is 1. The van der Waals surface area contributed by atoms with Crippen LogP contribution in [-0.2, 0) is 10.0 Å². The van der Waals surface area contributed by atoms with Crippen LogP contribution < -0.4 is 10.0 Å². The Balaban J connectivity index is 2.41. The number of hydrogen-bond acceptors (Lipinski definition) is 7. The van der Waals surface area contributed by atoms with Crippen LogP contribution in [0.1, 0.15) is 0 Å². The number of nitro benzene ring substituents is 1. The third-order valence-corrected chi connectivity index (χ3v) is 3.91. The molecule has 110 valence electrons. The van der Waals surface area contributed by atoms with Crippen LogP contribution in [0.25, 0.3) is 0 Å². The van der Waals surface area contributed by atoms with Crippen LogP contribution in [0.15, 0.2) is 41.4 Å². The minimum Gasteiger partial charge on any atom is -0.383 e. The number of sulfonamides is 1. The van der Waals surface area contributed by atoms with Gasteiger partial charge in [-0.1, -0.05) is 0 Å².